The van der Waals surface area contributed by atoms with E-state index in [1.807, 2.05) is 62.4 Å². The Kier molecular flexibility index (Phi) is 5.43. The number of aromatic nitrogens is 3. The molecule has 0 bridgehead atoms. The Balaban J connectivity index is 2.06. The number of rotatable bonds is 6. The molecule has 1 aromatic heterocycles. The molecule has 1 heterocycles. The third kappa shape index (κ3) is 3.81. The van der Waals surface area contributed by atoms with E-state index < -0.39 is 0 Å². The first kappa shape index (κ1) is 17.8. The summed E-state index contributed by atoms with van der Waals surface area (Å²) < 4.78 is 6.70. The largest absolute Gasteiger partial charge is 0.383 e. The predicted molar refractivity (Wildman–Crippen MR) is 100 cm³/mol. The summed E-state index contributed by atoms with van der Waals surface area (Å²) in [6.45, 7) is 4.88. The van der Waals surface area contributed by atoms with Gasteiger partial charge in [0.2, 0.25) is 5.82 Å². The number of hydrogen-bond donors (Lipinski definition) is 1. The van der Waals surface area contributed by atoms with Gasteiger partial charge in [0.05, 0.1) is 12.3 Å². The molecule has 6 nitrogen and oxygen atoms in total. The van der Waals surface area contributed by atoms with Gasteiger partial charge in [-0.3, -0.25) is 4.79 Å². The fourth-order valence-electron chi connectivity index (χ4n) is 2.69. The molecule has 0 unspecified atom stereocenters. The number of para-hydroxylation sites is 1. The molecule has 0 fully saturated rings. The Hall–Kier alpha value is -2.99. The lowest BCUT2D eigenvalue weighted by Gasteiger charge is -2.09. The number of nitrogens with zero attached hydrogens (tertiary/aromatic N) is 3. The summed E-state index contributed by atoms with van der Waals surface area (Å²) in [4.78, 5) is 16.9. The highest BCUT2D eigenvalue weighted by Gasteiger charge is 2.19. The van der Waals surface area contributed by atoms with E-state index in [1.54, 1.807) is 11.8 Å². The number of benzene rings is 2. The standard InChI is InChI=1S/C20H22N4O2/c1-14-7-6-9-16(13-14)19-22-18(20(25)21-11-12-26-3)23-24(19)17-10-5-4-8-15(17)2/h4-10,13H,11-12H2,1-3H3,(H,21,25). The van der Waals surface area contributed by atoms with Gasteiger partial charge in [-0.2, -0.15) is 0 Å². The number of ether oxygens (including phenoxy) is 1. The third-order valence-electron chi connectivity index (χ3n) is 4.02. The lowest BCUT2D eigenvalue weighted by molar-refractivity contribution is 0.0927. The summed E-state index contributed by atoms with van der Waals surface area (Å²) in [5.41, 5.74) is 3.98. The Labute approximate surface area is 152 Å². The molecule has 3 rings (SSSR count). The first-order valence-corrected chi connectivity index (χ1v) is 8.47. The van der Waals surface area contributed by atoms with Gasteiger partial charge in [0.1, 0.15) is 0 Å². The van der Waals surface area contributed by atoms with Gasteiger partial charge in [0.25, 0.3) is 5.91 Å². The third-order valence-corrected chi connectivity index (χ3v) is 4.02. The van der Waals surface area contributed by atoms with Crippen LogP contribution in [0.3, 0.4) is 0 Å². The number of methoxy groups -OCH3 is 1. The van der Waals surface area contributed by atoms with Crippen LogP contribution in [0.5, 0.6) is 0 Å². The summed E-state index contributed by atoms with van der Waals surface area (Å²) in [6, 6.07) is 15.9. The highest BCUT2D eigenvalue weighted by atomic mass is 16.5. The molecular formula is C20H22N4O2. The average molecular weight is 350 g/mol. The quantitative estimate of drug-likeness (QED) is 0.694. The van der Waals surface area contributed by atoms with Crippen molar-refractivity contribution in [1.82, 2.24) is 20.1 Å². The van der Waals surface area contributed by atoms with Crippen LogP contribution in [0.2, 0.25) is 0 Å². The number of hydrogen-bond acceptors (Lipinski definition) is 4. The molecule has 1 amide bonds. The Bertz CT molecular complexity index is 918. The maximum absolute atomic E-state index is 12.4. The topological polar surface area (TPSA) is 69.0 Å². The second-order valence-electron chi connectivity index (χ2n) is 6.08. The predicted octanol–water partition coefficient (Wildman–Crippen LogP) is 2.93. The van der Waals surface area contributed by atoms with Gasteiger partial charge in [-0.25, -0.2) is 9.67 Å². The number of carbonyl (C=O) groups is 1. The van der Waals surface area contributed by atoms with E-state index >= 15 is 0 Å². The lowest BCUT2D eigenvalue weighted by Crippen LogP contribution is -2.28. The van der Waals surface area contributed by atoms with Gasteiger partial charge in [-0.1, -0.05) is 42.0 Å². The first-order chi connectivity index (χ1) is 12.6. The van der Waals surface area contributed by atoms with Crippen molar-refractivity contribution in [1.29, 1.82) is 0 Å². The highest BCUT2D eigenvalue weighted by molar-refractivity contribution is 5.91. The molecule has 0 aliphatic carbocycles. The minimum atomic E-state index is -0.316. The molecule has 0 spiro atoms. The van der Waals surface area contributed by atoms with Crippen LogP contribution in [0.15, 0.2) is 48.5 Å². The van der Waals surface area contributed by atoms with Crippen LogP contribution in [0, 0.1) is 13.8 Å². The molecule has 2 aromatic carbocycles. The zero-order chi connectivity index (χ0) is 18.5. The summed E-state index contributed by atoms with van der Waals surface area (Å²) in [5, 5.41) is 7.25. The number of carbonyl (C=O) groups excluding carboxylic acids is 1. The van der Waals surface area contributed by atoms with E-state index in [9.17, 15) is 4.79 Å². The van der Waals surface area contributed by atoms with Crippen molar-refractivity contribution in [2.75, 3.05) is 20.3 Å². The monoisotopic (exact) mass is 350 g/mol. The summed E-state index contributed by atoms with van der Waals surface area (Å²) in [6.07, 6.45) is 0. The van der Waals surface area contributed by atoms with Crippen LogP contribution in [-0.4, -0.2) is 40.9 Å². The van der Waals surface area contributed by atoms with Crippen LogP contribution >= 0.6 is 0 Å². The van der Waals surface area contributed by atoms with Crippen molar-refractivity contribution in [3.63, 3.8) is 0 Å². The van der Waals surface area contributed by atoms with Gasteiger partial charge >= 0.3 is 0 Å². The molecule has 26 heavy (non-hydrogen) atoms. The fraction of sp³-hybridized carbons (Fsp3) is 0.250. The van der Waals surface area contributed by atoms with E-state index in [2.05, 4.69) is 15.4 Å². The van der Waals surface area contributed by atoms with Gasteiger partial charge in [0.15, 0.2) is 5.82 Å². The average Bonchev–Trinajstić information content (AvgIpc) is 3.07. The van der Waals surface area contributed by atoms with Crippen LogP contribution in [-0.2, 0) is 4.74 Å². The molecule has 0 aliphatic rings. The highest BCUT2D eigenvalue weighted by Crippen LogP contribution is 2.23. The van der Waals surface area contributed by atoms with E-state index in [1.165, 1.54) is 0 Å². The van der Waals surface area contributed by atoms with Crippen molar-refractivity contribution >= 4 is 5.91 Å². The van der Waals surface area contributed by atoms with Crippen LogP contribution < -0.4 is 5.32 Å². The molecule has 0 atom stereocenters. The van der Waals surface area contributed by atoms with Crippen LogP contribution in [0.25, 0.3) is 17.1 Å². The molecule has 0 saturated heterocycles. The van der Waals surface area contributed by atoms with E-state index in [0.29, 0.717) is 19.0 Å². The van der Waals surface area contributed by atoms with Gasteiger partial charge in [0, 0.05) is 19.2 Å². The van der Waals surface area contributed by atoms with Crippen LogP contribution in [0.1, 0.15) is 21.7 Å². The molecule has 1 N–H and O–H groups in total. The maximum atomic E-state index is 12.4. The molecule has 0 radical (unpaired) electrons. The lowest BCUT2D eigenvalue weighted by atomic mass is 10.1. The SMILES string of the molecule is COCCNC(=O)c1nc(-c2cccc(C)c2)n(-c2ccccc2C)n1. The summed E-state index contributed by atoms with van der Waals surface area (Å²) in [5.74, 6) is 0.462. The number of amides is 1. The maximum Gasteiger partial charge on any atom is 0.291 e. The fourth-order valence-corrected chi connectivity index (χ4v) is 2.69. The van der Waals surface area contributed by atoms with Crippen molar-refractivity contribution in [3.05, 3.63) is 65.5 Å². The molecule has 134 valence electrons. The second-order valence-corrected chi connectivity index (χ2v) is 6.08. The van der Waals surface area contributed by atoms with Gasteiger partial charge in [-0.15, -0.1) is 5.10 Å². The van der Waals surface area contributed by atoms with Crippen molar-refractivity contribution < 1.29 is 9.53 Å². The molecule has 0 saturated carbocycles. The Morgan fingerprint density at radius 2 is 1.96 bits per heavy atom. The minimum absolute atomic E-state index is 0.140. The molecule has 6 heteroatoms. The van der Waals surface area contributed by atoms with Crippen molar-refractivity contribution in [2.45, 2.75) is 13.8 Å². The van der Waals surface area contributed by atoms with E-state index in [4.69, 9.17) is 4.74 Å². The zero-order valence-electron chi connectivity index (χ0n) is 15.2. The number of nitrogens with one attached hydrogen (secondary N) is 1. The van der Waals surface area contributed by atoms with Gasteiger partial charge < -0.3 is 10.1 Å². The normalized spacial score (nSPS) is 10.7. The van der Waals surface area contributed by atoms with Gasteiger partial charge in [-0.05, 0) is 31.5 Å². The molecule has 0 aliphatic heterocycles. The van der Waals surface area contributed by atoms with Crippen LogP contribution in [0.4, 0.5) is 0 Å². The summed E-state index contributed by atoms with van der Waals surface area (Å²) in [7, 11) is 1.59. The Morgan fingerprint density at radius 1 is 1.15 bits per heavy atom. The van der Waals surface area contributed by atoms with E-state index in [-0.39, 0.29) is 11.7 Å². The molecular weight excluding hydrogens is 328 g/mol. The van der Waals surface area contributed by atoms with E-state index in [0.717, 1.165) is 22.4 Å². The zero-order valence-corrected chi connectivity index (χ0v) is 15.2. The van der Waals surface area contributed by atoms with Crippen molar-refractivity contribution in [3.8, 4) is 17.1 Å². The second kappa shape index (κ2) is 7.93. The number of aryl methyl sites for hydroxylation is 2. The molecule has 3 aromatic rings. The smallest absolute Gasteiger partial charge is 0.291 e. The Morgan fingerprint density at radius 3 is 2.69 bits per heavy atom. The first-order valence-electron chi connectivity index (χ1n) is 8.47. The minimum Gasteiger partial charge on any atom is -0.383 e. The summed E-state index contributed by atoms with van der Waals surface area (Å²) >= 11 is 0. The van der Waals surface area contributed by atoms with Crippen molar-refractivity contribution in [2.24, 2.45) is 0 Å².